The number of carbonyl (C=O) groups is 3. The second kappa shape index (κ2) is 31.7. The Morgan fingerprint density at radius 3 is 2.17 bits per heavy atom. The van der Waals surface area contributed by atoms with E-state index in [9.17, 15) is 14.4 Å². The third kappa shape index (κ3) is 23.0. The van der Waals surface area contributed by atoms with Crippen LogP contribution < -0.4 is 16.8 Å². The molecule has 17 nitrogen and oxygen atoms in total. The van der Waals surface area contributed by atoms with Crippen LogP contribution in [0.2, 0.25) is 0 Å². The molecule has 5 rings (SSSR count). The van der Waals surface area contributed by atoms with Gasteiger partial charge in [-0.1, -0.05) is 60.9 Å². The highest BCUT2D eigenvalue weighted by Gasteiger charge is 2.20. The number of nitrogens with zero attached hydrogens (tertiary/aromatic N) is 9. The largest absolute Gasteiger partial charge is 0.443 e. The molecule has 0 aliphatic heterocycles. The number of hydrogen-bond acceptors (Lipinski definition) is 11. The molecule has 0 saturated heterocycles. The van der Waals surface area contributed by atoms with Gasteiger partial charge in [-0.05, 0) is 141 Å². The SMILES string of the molecule is C.C#CCCCCCc1cn(C(=O)OC(C)(C)C)c(N)n1.Cl.Nc1ncc(CCCCCc2cn(CCCC(=O)c3ccccc3I)nn2)[nH]1.[N-]=[N+]=NCCNC(=O)c1ccccc1I. The number of aryl methyl sites for hydroxylation is 4. The molecule has 3 heterocycles. The predicted octanol–water partition coefficient (Wildman–Crippen LogP) is 10.2. The number of anilines is 2. The number of unbranched alkanes of at least 4 members (excludes halogenated alkanes) is 5. The third-order valence-corrected chi connectivity index (χ3v) is 10.8. The van der Waals surface area contributed by atoms with Crippen molar-refractivity contribution < 1.29 is 19.1 Å². The lowest BCUT2D eigenvalue weighted by Crippen LogP contribution is -2.27. The van der Waals surface area contributed by atoms with Crippen LogP contribution >= 0.6 is 57.6 Å². The first kappa shape index (κ1) is 57.8. The van der Waals surface area contributed by atoms with Crippen LogP contribution in [0.25, 0.3) is 10.4 Å². The van der Waals surface area contributed by atoms with E-state index in [-0.39, 0.29) is 44.0 Å². The molecule has 2 aromatic carbocycles. The summed E-state index contributed by atoms with van der Waals surface area (Å²) in [5, 5.41) is 14.4. The first-order valence-corrected chi connectivity index (χ1v) is 22.9. The van der Waals surface area contributed by atoms with Crippen molar-refractivity contribution in [2.75, 3.05) is 24.6 Å². The normalized spacial score (nSPS) is 10.3. The van der Waals surface area contributed by atoms with E-state index >= 15 is 0 Å². The molecule has 0 aliphatic carbocycles. The molecular formula is C45H62ClI2N13O4. The summed E-state index contributed by atoms with van der Waals surface area (Å²) in [6.07, 6.45) is 21.2. The zero-order valence-corrected chi connectivity index (χ0v) is 41.6. The van der Waals surface area contributed by atoms with Gasteiger partial charge in [-0.25, -0.2) is 19.3 Å². The van der Waals surface area contributed by atoms with Crippen LogP contribution in [-0.2, 0) is 30.5 Å². The van der Waals surface area contributed by atoms with Crippen LogP contribution in [0.5, 0.6) is 0 Å². The van der Waals surface area contributed by atoms with Gasteiger partial charge in [0.1, 0.15) is 5.60 Å². The van der Waals surface area contributed by atoms with Gasteiger partial charge in [0, 0.05) is 68.2 Å². The Morgan fingerprint density at radius 2 is 1.55 bits per heavy atom. The molecule has 3 aromatic heterocycles. The van der Waals surface area contributed by atoms with Gasteiger partial charge < -0.3 is 26.5 Å². The summed E-state index contributed by atoms with van der Waals surface area (Å²) < 4.78 is 10.3. The molecule has 0 bridgehead atoms. The van der Waals surface area contributed by atoms with Gasteiger partial charge in [0.25, 0.3) is 5.91 Å². The van der Waals surface area contributed by atoms with Crippen molar-refractivity contribution in [1.29, 1.82) is 0 Å². The molecule has 0 radical (unpaired) electrons. The summed E-state index contributed by atoms with van der Waals surface area (Å²) in [5.74, 6) is 3.30. The molecule has 6 N–H and O–H groups in total. The number of aromatic amines is 1. The predicted molar refractivity (Wildman–Crippen MR) is 276 cm³/mol. The van der Waals surface area contributed by atoms with E-state index in [4.69, 9.17) is 28.2 Å². The standard InChI is InChI=1S/C20H25IN6O.C15H23N3O2.C9H9IN4O.CH4.ClH/c21-18-10-5-4-9-17(18)19(28)11-6-12-27-14-16(25-26-27)8-3-1-2-7-15-13-23-20(22)24-15;1-5-6-7-8-9-10-12-11-18(13(16)17-12)14(19)20-15(2,3)4;10-8-4-2-1-3-7(8)9(15)12-5-6-13-14-11;;/h4-5,9-10,13-14H,1-3,6-8,11-12H2,(H3,22,23,24);1,11H,6-10H2,2-4H3,(H2,16,17);1-4H,5-6H2,(H,12,15);1H4;1H. The number of carbonyl (C=O) groups excluding carboxylic acids is 3. The summed E-state index contributed by atoms with van der Waals surface area (Å²) in [5.41, 5.74) is 23.1. The van der Waals surface area contributed by atoms with Gasteiger partial charge in [-0.2, -0.15) is 0 Å². The number of hydrogen-bond donors (Lipinski definition) is 4. The van der Waals surface area contributed by atoms with Crippen molar-refractivity contribution in [2.45, 2.75) is 117 Å². The number of benzene rings is 2. The molecule has 0 fully saturated rings. The van der Waals surface area contributed by atoms with Crippen LogP contribution in [0, 0.1) is 19.5 Å². The van der Waals surface area contributed by atoms with E-state index in [1.165, 1.54) is 4.57 Å². The molecule has 0 aliphatic rings. The van der Waals surface area contributed by atoms with Crippen molar-refractivity contribution in [2.24, 2.45) is 5.11 Å². The molecule has 20 heteroatoms. The Balaban J connectivity index is 0.000000505. The number of Topliss-reactive ketones (excluding diaryl/α,β-unsaturated/α-hetero) is 1. The average Bonchev–Trinajstić information content (AvgIpc) is 3.99. The fourth-order valence-electron chi connectivity index (χ4n) is 5.83. The maximum Gasteiger partial charge on any atom is 0.421 e. The second-order valence-corrected chi connectivity index (χ2v) is 17.6. The van der Waals surface area contributed by atoms with Crippen molar-refractivity contribution in [3.05, 3.63) is 113 Å². The maximum absolute atomic E-state index is 12.3. The number of terminal acetylenes is 1. The zero-order chi connectivity index (χ0) is 46.0. The van der Waals surface area contributed by atoms with Gasteiger partial charge in [0.15, 0.2) is 11.7 Å². The summed E-state index contributed by atoms with van der Waals surface area (Å²) in [7, 11) is 0. The van der Waals surface area contributed by atoms with Gasteiger partial charge in [-0.3, -0.25) is 14.3 Å². The van der Waals surface area contributed by atoms with Crippen LogP contribution in [-0.4, -0.2) is 71.0 Å². The Bertz CT molecular complexity index is 2290. The summed E-state index contributed by atoms with van der Waals surface area (Å²) >= 11 is 4.31. The van der Waals surface area contributed by atoms with Crippen LogP contribution in [0.15, 0.2) is 72.2 Å². The summed E-state index contributed by atoms with van der Waals surface area (Å²) in [4.78, 5) is 49.6. The topological polar surface area (TPSA) is 250 Å². The number of nitrogens with two attached hydrogens (primary N) is 2. The Hall–Kier alpha value is -5.17. The molecule has 65 heavy (non-hydrogen) atoms. The molecule has 0 unspecified atom stereocenters. The van der Waals surface area contributed by atoms with E-state index in [2.05, 4.69) is 91.7 Å². The highest BCUT2D eigenvalue weighted by Crippen LogP contribution is 2.17. The minimum Gasteiger partial charge on any atom is -0.443 e. The van der Waals surface area contributed by atoms with Gasteiger partial charge in [0.05, 0.1) is 23.1 Å². The number of aromatic nitrogens is 7. The molecule has 5 aromatic rings. The van der Waals surface area contributed by atoms with E-state index in [0.29, 0.717) is 31.0 Å². The molecule has 0 saturated carbocycles. The fraction of sp³-hybridized carbons (Fsp3) is 0.444. The smallest absolute Gasteiger partial charge is 0.421 e. The highest BCUT2D eigenvalue weighted by atomic mass is 127. The monoisotopic (exact) mass is 1140 g/mol. The molecule has 0 spiro atoms. The lowest BCUT2D eigenvalue weighted by atomic mass is 10.1. The molecular weight excluding hydrogens is 1080 g/mol. The van der Waals surface area contributed by atoms with Crippen LogP contribution in [0.3, 0.4) is 0 Å². The lowest BCUT2D eigenvalue weighted by Gasteiger charge is -2.19. The number of nitrogen functional groups attached to an aromatic ring is 2. The molecule has 0 atom stereocenters. The van der Waals surface area contributed by atoms with Crippen molar-refractivity contribution in [3.63, 3.8) is 0 Å². The number of ketones is 1. The average molecular weight is 1140 g/mol. The third-order valence-electron chi connectivity index (χ3n) is 8.88. The number of ether oxygens (including phenoxy) is 1. The van der Waals surface area contributed by atoms with E-state index in [0.717, 1.165) is 100 Å². The maximum atomic E-state index is 12.3. The van der Waals surface area contributed by atoms with Crippen molar-refractivity contribution in [3.8, 4) is 12.3 Å². The van der Waals surface area contributed by atoms with Gasteiger partial charge in [0.2, 0.25) is 5.95 Å². The van der Waals surface area contributed by atoms with Gasteiger partial charge >= 0.3 is 6.09 Å². The van der Waals surface area contributed by atoms with Crippen molar-refractivity contribution in [1.82, 2.24) is 39.8 Å². The number of nitrogens with one attached hydrogen (secondary N) is 2. The number of amides is 1. The van der Waals surface area contributed by atoms with E-state index < -0.39 is 11.7 Å². The minimum absolute atomic E-state index is 0. The van der Waals surface area contributed by atoms with E-state index in [1.807, 2.05) is 74.1 Å². The lowest BCUT2D eigenvalue weighted by molar-refractivity contribution is 0.0540. The number of H-pyrrole nitrogens is 1. The molecule has 352 valence electrons. The fourth-order valence-corrected chi connectivity index (χ4v) is 7.15. The quantitative estimate of drug-likeness (QED) is 0.0109. The Morgan fingerprint density at radius 1 is 0.923 bits per heavy atom. The van der Waals surface area contributed by atoms with E-state index in [1.54, 1.807) is 18.5 Å². The number of imidazole rings is 2. The number of azide groups is 1. The van der Waals surface area contributed by atoms with Crippen LogP contribution in [0.4, 0.5) is 16.7 Å². The second-order valence-electron chi connectivity index (χ2n) is 15.2. The Kier molecular flexibility index (Phi) is 28.2. The number of halogens is 3. The zero-order valence-electron chi connectivity index (χ0n) is 36.5. The summed E-state index contributed by atoms with van der Waals surface area (Å²) in [6.45, 7) is 6.77. The van der Waals surface area contributed by atoms with Crippen LogP contribution in [0.1, 0.15) is 124 Å². The van der Waals surface area contributed by atoms with Crippen molar-refractivity contribution >= 4 is 87.3 Å². The molecule has 1 amide bonds. The Labute approximate surface area is 415 Å². The van der Waals surface area contributed by atoms with Gasteiger partial charge in [-0.15, -0.1) is 29.8 Å². The first-order valence-electron chi connectivity index (χ1n) is 20.7. The minimum atomic E-state index is -0.552. The first-order chi connectivity index (χ1) is 30.2. The summed E-state index contributed by atoms with van der Waals surface area (Å²) in [6, 6.07) is 15.0. The number of rotatable bonds is 20. The highest BCUT2D eigenvalue weighted by molar-refractivity contribution is 14.1.